The molecular weight excluding hydrogens is 338 g/mol. The smallest absolute Gasteiger partial charge is 0.282 e. The van der Waals surface area contributed by atoms with Gasteiger partial charge in [0.15, 0.2) is 0 Å². The molecule has 1 atom stereocenters. The van der Waals surface area contributed by atoms with Gasteiger partial charge < -0.3 is 0 Å². The summed E-state index contributed by atoms with van der Waals surface area (Å²) in [5.41, 5.74) is 1.83. The van der Waals surface area contributed by atoms with Crippen molar-refractivity contribution in [2.45, 2.75) is 46.6 Å². The van der Waals surface area contributed by atoms with Crippen molar-refractivity contribution in [3.05, 3.63) is 23.8 Å². The van der Waals surface area contributed by atoms with Gasteiger partial charge in [0.1, 0.15) is 0 Å². The van der Waals surface area contributed by atoms with Gasteiger partial charge in [-0.05, 0) is 26.7 Å². The van der Waals surface area contributed by atoms with Gasteiger partial charge in [-0.25, -0.2) is 0 Å². The molecule has 0 aromatic carbocycles. The summed E-state index contributed by atoms with van der Waals surface area (Å²) in [6, 6.07) is 0.139. The highest BCUT2D eigenvalue weighted by Gasteiger charge is 2.33. The van der Waals surface area contributed by atoms with Gasteiger partial charge in [-0.15, -0.1) is 0 Å². The number of nitrogens with zero attached hydrogens (tertiary/aromatic N) is 5. The predicted octanol–water partition coefficient (Wildman–Crippen LogP) is 1.83. The average Bonchev–Trinajstić information content (AvgIpc) is 2.61. The maximum absolute atomic E-state index is 12.9. The molecule has 1 unspecified atom stereocenters. The molecule has 1 aliphatic heterocycles. The van der Waals surface area contributed by atoms with Crippen LogP contribution >= 0.6 is 0 Å². The van der Waals surface area contributed by atoms with Crippen molar-refractivity contribution in [2.24, 2.45) is 0 Å². The highest BCUT2D eigenvalue weighted by molar-refractivity contribution is 7.86. The number of hydrogen-bond donors (Lipinski definition) is 0. The first-order chi connectivity index (χ1) is 11.9. The van der Waals surface area contributed by atoms with E-state index >= 15 is 0 Å². The van der Waals surface area contributed by atoms with Gasteiger partial charge in [-0.3, -0.25) is 14.9 Å². The van der Waals surface area contributed by atoms with E-state index in [1.54, 1.807) is 14.8 Å². The number of aromatic nitrogens is 2. The summed E-state index contributed by atoms with van der Waals surface area (Å²) in [7, 11) is -3.36. The van der Waals surface area contributed by atoms with Crippen LogP contribution < -0.4 is 0 Å². The minimum Gasteiger partial charge on any atom is -0.292 e. The fourth-order valence-corrected chi connectivity index (χ4v) is 4.91. The lowest BCUT2D eigenvalue weighted by Crippen LogP contribution is -2.53. The molecule has 0 bridgehead atoms. The summed E-state index contributed by atoms with van der Waals surface area (Å²) in [4.78, 5) is 11.0. The van der Waals surface area contributed by atoms with Gasteiger partial charge in [-0.1, -0.05) is 13.8 Å². The minimum absolute atomic E-state index is 0.139. The van der Waals surface area contributed by atoms with Crippen molar-refractivity contribution in [2.75, 3.05) is 39.3 Å². The summed E-state index contributed by atoms with van der Waals surface area (Å²) in [5.74, 6) is 0. The van der Waals surface area contributed by atoms with Gasteiger partial charge in [0.05, 0.1) is 23.6 Å². The Balaban J connectivity index is 1.99. The molecule has 8 heteroatoms. The molecule has 1 aliphatic rings. The first kappa shape index (κ1) is 20.2. The van der Waals surface area contributed by atoms with Gasteiger partial charge in [-0.2, -0.15) is 17.0 Å². The Kier molecular flexibility index (Phi) is 7.30. The molecule has 25 heavy (non-hydrogen) atoms. The van der Waals surface area contributed by atoms with Crippen LogP contribution in [0.2, 0.25) is 0 Å². The standard InChI is InChI=1S/C17H31N5O2S/c1-5-7-21(8-6-2)25(23,24)22-11-9-20(10-12-22)16(4)17-14-18-15(3)13-19-17/h13-14,16H,5-12H2,1-4H3. The Labute approximate surface area is 152 Å². The van der Waals surface area contributed by atoms with Crippen LogP contribution in [0.15, 0.2) is 12.4 Å². The van der Waals surface area contributed by atoms with Gasteiger partial charge in [0.25, 0.3) is 10.2 Å². The van der Waals surface area contributed by atoms with Gasteiger partial charge >= 0.3 is 0 Å². The van der Waals surface area contributed by atoms with Gasteiger partial charge in [0.2, 0.25) is 0 Å². The van der Waals surface area contributed by atoms with E-state index in [1.807, 2.05) is 27.0 Å². The van der Waals surface area contributed by atoms with Crippen LogP contribution in [0.5, 0.6) is 0 Å². The highest BCUT2D eigenvalue weighted by Crippen LogP contribution is 2.21. The van der Waals surface area contributed by atoms with Crippen LogP contribution in [0.1, 0.15) is 51.0 Å². The SMILES string of the molecule is CCCN(CCC)S(=O)(=O)N1CCN(C(C)c2cnc(C)cn2)CC1. The topological polar surface area (TPSA) is 69.6 Å². The van der Waals surface area contributed by atoms with E-state index in [0.717, 1.165) is 24.2 Å². The summed E-state index contributed by atoms with van der Waals surface area (Å²) in [6.45, 7) is 11.7. The van der Waals surface area contributed by atoms with Crippen LogP contribution in [0.25, 0.3) is 0 Å². The number of hydrogen-bond acceptors (Lipinski definition) is 5. The highest BCUT2D eigenvalue weighted by atomic mass is 32.2. The molecule has 0 radical (unpaired) electrons. The van der Waals surface area contributed by atoms with E-state index in [9.17, 15) is 8.42 Å². The first-order valence-electron chi connectivity index (χ1n) is 9.18. The molecule has 1 aromatic heterocycles. The molecule has 142 valence electrons. The fraction of sp³-hybridized carbons (Fsp3) is 0.765. The number of aryl methyl sites for hydroxylation is 1. The monoisotopic (exact) mass is 369 g/mol. The second-order valence-electron chi connectivity index (χ2n) is 6.60. The Bertz CT molecular complexity index is 621. The predicted molar refractivity (Wildman–Crippen MR) is 99.4 cm³/mol. The van der Waals surface area contributed by atoms with Crippen LogP contribution in [0.4, 0.5) is 0 Å². The van der Waals surface area contributed by atoms with E-state index in [1.165, 1.54) is 0 Å². The number of rotatable bonds is 8. The summed E-state index contributed by atoms with van der Waals surface area (Å²) >= 11 is 0. The zero-order valence-corrected chi connectivity index (χ0v) is 16.7. The van der Waals surface area contributed by atoms with Crippen molar-refractivity contribution in [3.63, 3.8) is 0 Å². The molecule has 0 saturated carbocycles. The van der Waals surface area contributed by atoms with Crippen LogP contribution in [0, 0.1) is 6.92 Å². The summed E-state index contributed by atoms with van der Waals surface area (Å²) < 4.78 is 29.0. The Morgan fingerprint density at radius 3 is 2.16 bits per heavy atom. The normalized spacial score (nSPS) is 18.6. The molecule has 2 heterocycles. The van der Waals surface area contributed by atoms with Crippen molar-refractivity contribution < 1.29 is 8.42 Å². The Morgan fingerprint density at radius 2 is 1.68 bits per heavy atom. The van der Waals surface area contributed by atoms with Crippen molar-refractivity contribution in [1.29, 1.82) is 0 Å². The molecule has 1 fully saturated rings. The molecule has 2 rings (SSSR count). The maximum atomic E-state index is 12.9. The molecule has 0 spiro atoms. The average molecular weight is 370 g/mol. The largest absolute Gasteiger partial charge is 0.292 e. The van der Waals surface area contributed by atoms with Crippen molar-refractivity contribution in [1.82, 2.24) is 23.5 Å². The lowest BCUT2D eigenvalue weighted by atomic mass is 10.2. The zero-order chi connectivity index (χ0) is 18.4. The summed E-state index contributed by atoms with van der Waals surface area (Å²) in [5, 5.41) is 0. The van der Waals surface area contributed by atoms with Crippen molar-refractivity contribution >= 4 is 10.2 Å². The first-order valence-corrected chi connectivity index (χ1v) is 10.6. The second-order valence-corrected chi connectivity index (χ2v) is 8.53. The van der Waals surface area contributed by atoms with E-state index in [0.29, 0.717) is 39.3 Å². The van der Waals surface area contributed by atoms with E-state index in [-0.39, 0.29) is 6.04 Å². The lowest BCUT2D eigenvalue weighted by molar-refractivity contribution is 0.139. The van der Waals surface area contributed by atoms with E-state index in [4.69, 9.17) is 0 Å². The Morgan fingerprint density at radius 1 is 1.08 bits per heavy atom. The molecular formula is C17H31N5O2S. The quantitative estimate of drug-likeness (QED) is 0.699. The number of piperazine rings is 1. The third-order valence-electron chi connectivity index (χ3n) is 4.65. The van der Waals surface area contributed by atoms with Crippen LogP contribution in [-0.2, 0) is 10.2 Å². The van der Waals surface area contributed by atoms with Crippen LogP contribution in [0.3, 0.4) is 0 Å². The molecule has 0 aliphatic carbocycles. The molecule has 1 aromatic rings. The Hall–Kier alpha value is -1.09. The van der Waals surface area contributed by atoms with E-state index < -0.39 is 10.2 Å². The zero-order valence-electron chi connectivity index (χ0n) is 15.8. The van der Waals surface area contributed by atoms with E-state index in [2.05, 4.69) is 21.8 Å². The molecule has 1 saturated heterocycles. The molecule has 0 amide bonds. The second kappa shape index (κ2) is 9.02. The summed E-state index contributed by atoms with van der Waals surface area (Å²) in [6.07, 6.45) is 5.26. The van der Waals surface area contributed by atoms with Crippen LogP contribution in [-0.4, -0.2) is 71.2 Å². The van der Waals surface area contributed by atoms with Crippen molar-refractivity contribution in [3.8, 4) is 0 Å². The third kappa shape index (κ3) is 4.97. The molecule has 0 N–H and O–H groups in total. The van der Waals surface area contributed by atoms with Gasteiger partial charge in [0, 0.05) is 45.5 Å². The maximum Gasteiger partial charge on any atom is 0.282 e. The molecule has 7 nitrogen and oxygen atoms in total. The third-order valence-corrected chi connectivity index (χ3v) is 6.68. The fourth-order valence-electron chi connectivity index (χ4n) is 3.13. The minimum atomic E-state index is -3.36. The lowest BCUT2D eigenvalue weighted by Gasteiger charge is -2.38.